The number of likely N-dealkylation sites (N-methyl/N-ethyl adjacent to an activating group) is 1. The highest BCUT2D eigenvalue weighted by Crippen LogP contribution is 2.20. The standard InChI is InChI=1S/C22H43N5O2/c1-5-18(6-2)20(27-12-14-29-15-13-27)16-23-22(24-17-21(28)26(3)4)25-19-10-8-7-9-11-19/h18-20H,5-17H2,1-4H3,(H2,23,24,25). The Morgan fingerprint density at radius 1 is 1.14 bits per heavy atom. The summed E-state index contributed by atoms with van der Waals surface area (Å²) in [4.78, 5) is 20.9. The van der Waals surface area contributed by atoms with E-state index >= 15 is 0 Å². The summed E-state index contributed by atoms with van der Waals surface area (Å²) >= 11 is 0. The van der Waals surface area contributed by atoms with Gasteiger partial charge in [0.05, 0.1) is 13.2 Å². The number of amides is 1. The van der Waals surface area contributed by atoms with Crippen molar-refractivity contribution in [3.8, 4) is 0 Å². The third-order valence-corrected chi connectivity index (χ3v) is 6.40. The van der Waals surface area contributed by atoms with Crippen LogP contribution in [0.1, 0.15) is 58.8 Å². The molecule has 7 heteroatoms. The van der Waals surface area contributed by atoms with Gasteiger partial charge in [-0.25, -0.2) is 4.99 Å². The largest absolute Gasteiger partial charge is 0.379 e. The second kappa shape index (κ2) is 13.1. The van der Waals surface area contributed by atoms with Crippen molar-refractivity contribution in [3.63, 3.8) is 0 Å². The predicted molar refractivity (Wildman–Crippen MR) is 119 cm³/mol. The van der Waals surface area contributed by atoms with Crippen molar-refractivity contribution < 1.29 is 9.53 Å². The molecular weight excluding hydrogens is 366 g/mol. The number of nitrogens with one attached hydrogen (secondary N) is 2. The first-order chi connectivity index (χ1) is 14.0. The lowest BCUT2D eigenvalue weighted by atomic mass is 9.92. The van der Waals surface area contributed by atoms with Crippen LogP contribution in [0.2, 0.25) is 0 Å². The topological polar surface area (TPSA) is 69.2 Å². The highest BCUT2D eigenvalue weighted by atomic mass is 16.5. The van der Waals surface area contributed by atoms with Crippen molar-refractivity contribution in [3.05, 3.63) is 0 Å². The van der Waals surface area contributed by atoms with Gasteiger partial charge in [0, 0.05) is 45.8 Å². The minimum Gasteiger partial charge on any atom is -0.379 e. The lowest BCUT2D eigenvalue weighted by molar-refractivity contribution is -0.127. The van der Waals surface area contributed by atoms with E-state index in [1.807, 2.05) is 0 Å². The minimum absolute atomic E-state index is 0.0273. The van der Waals surface area contributed by atoms with Gasteiger partial charge in [-0.2, -0.15) is 0 Å². The summed E-state index contributed by atoms with van der Waals surface area (Å²) in [6.45, 7) is 9.21. The molecule has 2 N–H and O–H groups in total. The zero-order valence-electron chi connectivity index (χ0n) is 19.1. The highest BCUT2D eigenvalue weighted by Gasteiger charge is 2.27. The molecule has 168 valence electrons. The lowest BCUT2D eigenvalue weighted by Gasteiger charge is -2.39. The highest BCUT2D eigenvalue weighted by molar-refractivity contribution is 5.85. The van der Waals surface area contributed by atoms with E-state index in [1.165, 1.54) is 44.9 Å². The summed E-state index contributed by atoms with van der Waals surface area (Å²) in [6, 6.07) is 0.913. The predicted octanol–water partition coefficient (Wildman–Crippen LogP) is 2.08. The number of hydrogen-bond donors (Lipinski definition) is 2. The molecule has 1 saturated carbocycles. The molecule has 29 heavy (non-hydrogen) atoms. The van der Waals surface area contributed by atoms with Crippen LogP contribution < -0.4 is 10.6 Å². The Balaban J connectivity index is 2.04. The second-order valence-corrected chi connectivity index (χ2v) is 8.61. The average Bonchev–Trinajstić information content (AvgIpc) is 2.75. The van der Waals surface area contributed by atoms with Crippen LogP contribution in [-0.4, -0.2) is 87.2 Å². The molecule has 0 spiro atoms. The second-order valence-electron chi connectivity index (χ2n) is 8.61. The number of rotatable bonds is 9. The van der Waals surface area contributed by atoms with Gasteiger partial charge in [-0.3, -0.25) is 9.69 Å². The molecule has 1 aliphatic heterocycles. The number of hydrogen-bond acceptors (Lipinski definition) is 4. The number of guanidine groups is 1. The van der Waals surface area contributed by atoms with Crippen molar-refractivity contribution in [1.82, 2.24) is 20.4 Å². The summed E-state index contributed by atoms with van der Waals surface area (Å²) < 4.78 is 5.57. The number of ether oxygens (including phenoxy) is 1. The fraction of sp³-hybridized carbons (Fsp3) is 0.909. The fourth-order valence-electron chi connectivity index (χ4n) is 4.42. The van der Waals surface area contributed by atoms with Crippen LogP contribution in [0, 0.1) is 5.92 Å². The quantitative estimate of drug-likeness (QED) is 0.451. The molecule has 0 aromatic heterocycles. The first kappa shape index (κ1) is 23.9. The van der Waals surface area contributed by atoms with Crippen LogP contribution >= 0.6 is 0 Å². The van der Waals surface area contributed by atoms with Crippen LogP contribution in [-0.2, 0) is 9.53 Å². The normalized spacial score (nSPS) is 20.5. The maximum Gasteiger partial charge on any atom is 0.243 e. The summed E-state index contributed by atoms with van der Waals surface area (Å²) in [5, 5.41) is 7.20. The van der Waals surface area contributed by atoms with Gasteiger partial charge in [0.15, 0.2) is 5.96 Å². The Kier molecular flexibility index (Phi) is 10.8. The Morgan fingerprint density at radius 2 is 1.79 bits per heavy atom. The van der Waals surface area contributed by atoms with Crippen molar-refractivity contribution in [2.75, 3.05) is 53.5 Å². The van der Waals surface area contributed by atoms with Crippen LogP contribution in [0.4, 0.5) is 0 Å². The van der Waals surface area contributed by atoms with E-state index in [4.69, 9.17) is 4.74 Å². The summed E-state index contributed by atoms with van der Waals surface area (Å²) in [5.41, 5.74) is 0. The molecule has 2 aliphatic rings. The molecule has 2 rings (SSSR count). The molecule has 0 radical (unpaired) electrons. The smallest absolute Gasteiger partial charge is 0.243 e. The molecule has 1 aliphatic carbocycles. The van der Waals surface area contributed by atoms with Crippen LogP contribution in [0.3, 0.4) is 0 Å². The van der Waals surface area contributed by atoms with Gasteiger partial charge < -0.3 is 20.3 Å². The van der Waals surface area contributed by atoms with E-state index in [2.05, 4.69) is 34.4 Å². The van der Waals surface area contributed by atoms with E-state index in [0.717, 1.165) is 38.8 Å². The Bertz CT molecular complexity index is 495. The maximum atomic E-state index is 12.1. The van der Waals surface area contributed by atoms with Crippen molar-refractivity contribution >= 4 is 11.9 Å². The first-order valence-electron chi connectivity index (χ1n) is 11.6. The van der Waals surface area contributed by atoms with Gasteiger partial charge >= 0.3 is 0 Å². The van der Waals surface area contributed by atoms with Gasteiger partial charge in [0.25, 0.3) is 0 Å². The molecule has 1 saturated heterocycles. The molecule has 0 aromatic carbocycles. The first-order valence-corrected chi connectivity index (χ1v) is 11.6. The van der Waals surface area contributed by atoms with E-state index in [1.54, 1.807) is 19.0 Å². The Hall–Kier alpha value is -1.34. The summed E-state index contributed by atoms with van der Waals surface area (Å²) in [6.07, 6.45) is 8.57. The molecule has 1 heterocycles. The maximum absolute atomic E-state index is 12.1. The van der Waals surface area contributed by atoms with Gasteiger partial charge in [-0.05, 0) is 18.8 Å². The molecule has 1 unspecified atom stereocenters. The number of morpholine rings is 1. The third-order valence-electron chi connectivity index (χ3n) is 6.40. The Morgan fingerprint density at radius 3 is 2.38 bits per heavy atom. The molecule has 1 atom stereocenters. The van der Waals surface area contributed by atoms with E-state index in [-0.39, 0.29) is 12.5 Å². The molecule has 0 bridgehead atoms. The van der Waals surface area contributed by atoms with Crippen molar-refractivity contribution in [1.29, 1.82) is 0 Å². The van der Waals surface area contributed by atoms with Crippen molar-refractivity contribution in [2.45, 2.75) is 70.9 Å². The lowest BCUT2D eigenvalue weighted by Crippen LogP contribution is -2.54. The third kappa shape index (κ3) is 8.13. The molecule has 7 nitrogen and oxygen atoms in total. The SMILES string of the molecule is CCC(CC)C(CNC(=NCC(=O)N(C)C)NC1CCCCC1)N1CCOCC1. The minimum atomic E-state index is 0.0273. The molecule has 1 amide bonds. The van der Waals surface area contributed by atoms with Gasteiger partial charge in [0.2, 0.25) is 5.91 Å². The average molecular weight is 410 g/mol. The fourth-order valence-corrected chi connectivity index (χ4v) is 4.42. The number of aliphatic imine (C=N–C) groups is 1. The number of nitrogens with zero attached hydrogens (tertiary/aromatic N) is 3. The van der Waals surface area contributed by atoms with Crippen LogP contribution in [0.25, 0.3) is 0 Å². The summed E-state index contributed by atoms with van der Waals surface area (Å²) in [7, 11) is 3.56. The van der Waals surface area contributed by atoms with Gasteiger partial charge in [-0.15, -0.1) is 0 Å². The van der Waals surface area contributed by atoms with E-state index < -0.39 is 0 Å². The van der Waals surface area contributed by atoms with Gasteiger partial charge in [-0.1, -0.05) is 46.0 Å². The van der Waals surface area contributed by atoms with Crippen molar-refractivity contribution in [2.24, 2.45) is 10.9 Å². The van der Waals surface area contributed by atoms with Crippen LogP contribution in [0.15, 0.2) is 4.99 Å². The zero-order chi connectivity index (χ0) is 21.1. The number of carbonyl (C=O) groups excluding carboxylic acids is 1. The molecule has 2 fully saturated rings. The van der Waals surface area contributed by atoms with E-state index in [9.17, 15) is 4.79 Å². The zero-order valence-corrected chi connectivity index (χ0v) is 19.1. The Labute approximate surface area is 177 Å². The monoisotopic (exact) mass is 409 g/mol. The van der Waals surface area contributed by atoms with E-state index in [0.29, 0.717) is 18.0 Å². The summed E-state index contributed by atoms with van der Waals surface area (Å²) in [5.74, 6) is 1.45. The molecular formula is C22H43N5O2. The van der Waals surface area contributed by atoms with Crippen LogP contribution in [0.5, 0.6) is 0 Å². The van der Waals surface area contributed by atoms with Gasteiger partial charge in [0.1, 0.15) is 6.54 Å². The number of carbonyl (C=O) groups is 1. The molecule has 0 aromatic rings.